The van der Waals surface area contributed by atoms with Gasteiger partial charge in [0.1, 0.15) is 10.8 Å². The van der Waals surface area contributed by atoms with Crippen LogP contribution in [0.4, 0.5) is 11.5 Å². The Kier molecular flexibility index (Phi) is 7.74. The molecule has 0 atom stereocenters. The fourth-order valence-electron chi connectivity index (χ4n) is 4.46. The number of ether oxygens (including phenoxy) is 1. The third-order valence-corrected chi connectivity index (χ3v) is 6.62. The molecule has 1 saturated heterocycles. The van der Waals surface area contributed by atoms with E-state index in [2.05, 4.69) is 72.8 Å². The molecule has 0 unspecified atom stereocenters. The van der Waals surface area contributed by atoms with Crippen molar-refractivity contribution >= 4 is 23.1 Å². The van der Waals surface area contributed by atoms with Crippen LogP contribution >= 0.6 is 11.6 Å². The number of piperidine rings is 1. The summed E-state index contributed by atoms with van der Waals surface area (Å²) in [5.74, 6) is 3.06. The van der Waals surface area contributed by atoms with Gasteiger partial charge >= 0.3 is 0 Å². The normalized spacial score (nSPS) is 14.6. The van der Waals surface area contributed by atoms with Gasteiger partial charge in [0.05, 0.1) is 18.0 Å². The maximum Gasteiger partial charge on any atom is 0.161 e. The number of halogens is 1. The average molecular weight is 479 g/mol. The van der Waals surface area contributed by atoms with Crippen LogP contribution < -0.4 is 15.4 Å². The number of hydrogen-bond donors (Lipinski definition) is 2. The van der Waals surface area contributed by atoms with E-state index in [4.69, 9.17) is 21.3 Å². The molecule has 2 N–H and O–H groups in total. The van der Waals surface area contributed by atoms with Crippen LogP contribution in [0.15, 0.2) is 42.6 Å². The molecule has 34 heavy (non-hydrogen) atoms. The Balaban J connectivity index is 1.67. The highest BCUT2D eigenvalue weighted by Gasteiger charge is 2.21. The first-order chi connectivity index (χ1) is 16.3. The fourth-order valence-corrected chi connectivity index (χ4v) is 4.60. The van der Waals surface area contributed by atoms with Crippen LogP contribution in [0.5, 0.6) is 5.75 Å². The zero-order valence-electron chi connectivity index (χ0n) is 20.8. The molecule has 0 spiro atoms. The summed E-state index contributed by atoms with van der Waals surface area (Å²) in [5.41, 5.74) is 5.73. The van der Waals surface area contributed by atoms with Crippen molar-refractivity contribution < 1.29 is 4.74 Å². The summed E-state index contributed by atoms with van der Waals surface area (Å²) in [6.07, 6.45) is 4.00. The van der Waals surface area contributed by atoms with Gasteiger partial charge < -0.3 is 15.4 Å². The van der Waals surface area contributed by atoms with Crippen molar-refractivity contribution in [1.29, 1.82) is 0 Å². The lowest BCUT2D eigenvalue weighted by molar-refractivity contribution is 0.243. The first-order valence-electron chi connectivity index (χ1n) is 12.2. The SMILES string of the molecule is Cc1cc(Nc2nc(-c3ccc(C(C)C)cc3)ncc2Cl)c(OC(C)C)cc1C1CCNCC1. The zero-order chi connectivity index (χ0) is 24.2. The van der Waals surface area contributed by atoms with Crippen molar-refractivity contribution in [2.45, 2.75) is 65.4 Å². The lowest BCUT2D eigenvalue weighted by Crippen LogP contribution is -2.27. The molecule has 2 aromatic carbocycles. The number of nitrogens with zero attached hydrogens (tertiary/aromatic N) is 2. The fraction of sp³-hybridized carbons (Fsp3) is 0.429. The van der Waals surface area contributed by atoms with Gasteiger partial charge in [-0.25, -0.2) is 9.97 Å². The zero-order valence-corrected chi connectivity index (χ0v) is 21.5. The number of benzene rings is 2. The third kappa shape index (κ3) is 5.70. The number of nitrogens with one attached hydrogen (secondary N) is 2. The Morgan fingerprint density at radius 2 is 1.76 bits per heavy atom. The van der Waals surface area contributed by atoms with Crippen molar-refractivity contribution in [3.63, 3.8) is 0 Å². The Labute approximate surface area is 208 Å². The van der Waals surface area contributed by atoms with Crippen molar-refractivity contribution in [3.05, 3.63) is 64.3 Å². The van der Waals surface area contributed by atoms with Gasteiger partial charge in [-0.1, -0.05) is 49.7 Å². The average Bonchev–Trinajstić information content (AvgIpc) is 2.82. The van der Waals surface area contributed by atoms with Crippen LogP contribution in [0.25, 0.3) is 11.4 Å². The lowest BCUT2D eigenvalue weighted by atomic mass is 9.87. The van der Waals surface area contributed by atoms with E-state index in [9.17, 15) is 0 Å². The molecule has 180 valence electrons. The van der Waals surface area contributed by atoms with E-state index in [0.717, 1.165) is 42.9 Å². The molecule has 2 heterocycles. The Morgan fingerprint density at radius 1 is 1.06 bits per heavy atom. The largest absolute Gasteiger partial charge is 0.489 e. The molecule has 0 bridgehead atoms. The van der Waals surface area contributed by atoms with Crippen LogP contribution in [-0.4, -0.2) is 29.2 Å². The van der Waals surface area contributed by atoms with E-state index >= 15 is 0 Å². The molecule has 5 nitrogen and oxygen atoms in total. The van der Waals surface area contributed by atoms with Gasteiger partial charge in [0, 0.05) is 5.56 Å². The topological polar surface area (TPSA) is 59.1 Å². The molecule has 4 rings (SSSR count). The molecule has 3 aromatic rings. The second-order valence-electron chi connectivity index (χ2n) is 9.69. The van der Waals surface area contributed by atoms with E-state index in [-0.39, 0.29) is 6.10 Å². The predicted octanol–water partition coefficient (Wildman–Crippen LogP) is 7.23. The van der Waals surface area contributed by atoms with Crippen molar-refractivity contribution in [3.8, 4) is 17.1 Å². The Hall–Kier alpha value is -2.63. The molecule has 1 aliphatic heterocycles. The second-order valence-corrected chi connectivity index (χ2v) is 10.1. The summed E-state index contributed by atoms with van der Waals surface area (Å²) in [6, 6.07) is 12.7. The summed E-state index contributed by atoms with van der Waals surface area (Å²) >= 11 is 6.52. The number of aryl methyl sites for hydroxylation is 1. The third-order valence-electron chi connectivity index (χ3n) is 6.34. The molecule has 0 aliphatic carbocycles. The highest BCUT2D eigenvalue weighted by Crippen LogP contribution is 2.38. The van der Waals surface area contributed by atoms with Crippen LogP contribution in [0.1, 0.15) is 69.1 Å². The number of rotatable bonds is 7. The summed E-state index contributed by atoms with van der Waals surface area (Å²) in [7, 11) is 0. The minimum Gasteiger partial charge on any atom is -0.489 e. The Bertz CT molecular complexity index is 1120. The molecule has 1 aliphatic rings. The highest BCUT2D eigenvalue weighted by atomic mass is 35.5. The second kappa shape index (κ2) is 10.7. The van der Waals surface area contributed by atoms with Crippen molar-refractivity contribution in [2.24, 2.45) is 0 Å². The summed E-state index contributed by atoms with van der Waals surface area (Å²) in [4.78, 5) is 9.23. The molecule has 1 fully saturated rings. The van der Waals surface area contributed by atoms with E-state index in [1.54, 1.807) is 6.20 Å². The maximum atomic E-state index is 6.52. The van der Waals surface area contributed by atoms with Crippen LogP contribution in [0.2, 0.25) is 5.02 Å². The van der Waals surface area contributed by atoms with E-state index in [0.29, 0.717) is 28.5 Å². The van der Waals surface area contributed by atoms with Gasteiger partial charge in [-0.15, -0.1) is 0 Å². The predicted molar refractivity (Wildman–Crippen MR) is 142 cm³/mol. The lowest BCUT2D eigenvalue weighted by Gasteiger charge is -2.26. The van der Waals surface area contributed by atoms with Crippen LogP contribution in [0.3, 0.4) is 0 Å². The van der Waals surface area contributed by atoms with Gasteiger partial charge in [-0.2, -0.15) is 0 Å². The molecule has 0 radical (unpaired) electrons. The van der Waals surface area contributed by atoms with Gasteiger partial charge in [-0.05, 0) is 87.4 Å². The highest BCUT2D eigenvalue weighted by molar-refractivity contribution is 6.33. The standard InChI is InChI=1S/C28H35ClN4O/c1-17(2)20-6-8-22(9-7-20)27-31-16-24(29)28(33-27)32-25-14-19(5)23(15-26(25)34-18(3)4)21-10-12-30-13-11-21/h6-9,14-18,21,30H,10-13H2,1-5H3,(H,31,32,33). The molecular weight excluding hydrogens is 444 g/mol. The van der Waals surface area contributed by atoms with E-state index < -0.39 is 0 Å². The Morgan fingerprint density at radius 3 is 2.41 bits per heavy atom. The molecule has 0 amide bonds. The minimum absolute atomic E-state index is 0.0556. The van der Waals surface area contributed by atoms with Crippen molar-refractivity contribution in [1.82, 2.24) is 15.3 Å². The first-order valence-corrected chi connectivity index (χ1v) is 12.6. The summed E-state index contributed by atoms with van der Waals surface area (Å²) in [6.45, 7) is 12.7. The molecule has 0 saturated carbocycles. The monoisotopic (exact) mass is 478 g/mol. The van der Waals surface area contributed by atoms with E-state index in [1.807, 2.05) is 13.8 Å². The van der Waals surface area contributed by atoms with Gasteiger partial charge in [0.2, 0.25) is 0 Å². The molecule has 1 aromatic heterocycles. The number of hydrogen-bond acceptors (Lipinski definition) is 5. The smallest absolute Gasteiger partial charge is 0.161 e. The van der Waals surface area contributed by atoms with Gasteiger partial charge in [0.25, 0.3) is 0 Å². The van der Waals surface area contributed by atoms with Crippen LogP contribution in [0, 0.1) is 6.92 Å². The molecular formula is C28H35ClN4O. The maximum absolute atomic E-state index is 6.52. The summed E-state index contributed by atoms with van der Waals surface area (Å²) in [5, 5.41) is 7.36. The van der Waals surface area contributed by atoms with Crippen LogP contribution in [-0.2, 0) is 0 Å². The van der Waals surface area contributed by atoms with E-state index in [1.165, 1.54) is 16.7 Å². The quantitative estimate of drug-likeness (QED) is 0.375. The van der Waals surface area contributed by atoms with Crippen molar-refractivity contribution in [2.75, 3.05) is 18.4 Å². The van der Waals surface area contributed by atoms with Gasteiger partial charge in [0.15, 0.2) is 11.6 Å². The number of aromatic nitrogens is 2. The summed E-state index contributed by atoms with van der Waals surface area (Å²) < 4.78 is 6.23. The first kappa shape index (κ1) is 24.5. The number of anilines is 2. The minimum atomic E-state index is 0.0556. The molecule has 6 heteroatoms. The van der Waals surface area contributed by atoms with Gasteiger partial charge in [-0.3, -0.25) is 0 Å².